The molecule has 0 aliphatic carbocycles. The van der Waals surface area contributed by atoms with Gasteiger partial charge in [0.15, 0.2) is 0 Å². The van der Waals surface area contributed by atoms with Gasteiger partial charge in [0, 0.05) is 5.71 Å². The zero-order chi connectivity index (χ0) is 6.41. The summed E-state index contributed by atoms with van der Waals surface area (Å²) in [5.41, 5.74) is 1.05. The van der Waals surface area contributed by atoms with Crippen LogP contribution in [0.1, 0.15) is 33.1 Å². The number of rotatable bonds is 3. The van der Waals surface area contributed by atoms with Crippen LogP contribution in [0.5, 0.6) is 0 Å². The number of nitrogens with zero attached hydrogens (tertiary/aromatic N) is 1. The highest BCUT2D eigenvalue weighted by atomic mass is 15.1. The van der Waals surface area contributed by atoms with Gasteiger partial charge in [0.05, 0.1) is 0 Å². The first-order valence-corrected chi connectivity index (χ1v) is 3.04. The van der Waals surface area contributed by atoms with Crippen molar-refractivity contribution in [1.29, 1.82) is 0 Å². The molecule has 0 aromatic carbocycles. The van der Waals surface area contributed by atoms with E-state index in [1.807, 2.05) is 6.92 Å². The molecule has 0 unspecified atom stereocenters. The Labute approximate surface area is 50.8 Å². The van der Waals surface area contributed by atoms with Gasteiger partial charge in [0.25, 0.3) is 0 Å². The van der Waals surface area contributed by atoms with E-state index in [0.29, 0.717) is 0 Å². The lowest BCUT2D eigenvalue weighted by Crippen LogP contribution is -1.94. The van der Waals surface area contributed by atoms with Crippen LogP contribution in [0, 0.1) is 0 Å². The molecule has 2 N–H and O–H groups in total. The summed E-state index contributed by atoms with van der Waals surface area (Å²) in [6, 6.07) is 0. The molecule has 0 radical (unpaired) electrons. The molecule has 0 aliphatic rings. The lowest BCUT2D eigenvalue weighted by molar-refractivity contribution is 0.830. The second-order valence-electron chi connectivity index (χ2n) is 1.97. The SMILES string of the molecule is CCCC/C(C)=N/N. The Morgan fingerprint density at radius 3 is 2.62 bits per heavy atom. The zero-order valence-electron chi connectivity index (χ0n) is 5.65. The number of hydrogen-bond acceptors (Lipinski definition) is 2. The van der Waals surface area contributed by atoms with E-state index in [9.17, 15) is 0 Å². The quantitative estimate of drug-likeness (QED) is 0.337. The summed E-state index contributed by atoms with van der Waals surface area (Å²) < 4.78 is 0. The van der Waals surface area contributed by atoms with Crippen molar-refractivity contribution in [2.45, 2.75) is 33.1 Å². The van der Waals surface area contributed by atoms with E-state index in [0.717, 1.165) is 12.1 Å². The minimum Gasteiger partial charge on any atom is -0.323 e. The van der Waals surface area contributed by atoms with Gasteiger partial charge >= 0.3 is 0 Å². The molecule has 0 heterocycles. The molecule has 0 spiro atoms. The van der Waals surface area contributed by atoms with Gasteiger partial charge in [-0.1, -0.05) is 13.3 Å². The monoisotopic (exact) mass is 114 g/mol. The Kier molecular flexibility index (Phi) is 4.32. The summed E-state index contributed by atoms with van der Waals surface area (Å²) in [6.07, 6.45) is 3.46. The zero-order valence-corrected chi connectivity index (χ0v) is 5.65. The first-order valence-electron chi connectivity index (χ1n) is 3.04. The normalized spacial score (nSPS) is 12.0. The van der Waals surface area contributed by atoms with Gasteiger partial charge in [-0.25, -0.2) is 0 Å². The fourth-order valence-corrected chi connectivity index (χ4v) is 0.497. The Balaban J connectivity index is 3.12. The van der Waals surface area contributed by atoms with Crippen molar-refractivity contribution in [3.05, 3.63) is 0 Å². The van der Waals surface area contributed by atoms with Gasteiger partial charge in [-0.05, 0) is 19.8 Å². The van der Waals surface area contributed by atoms with Crippen LogP contribution in [0.2, 0.25) is 0 Å². The minimum absolute atomic E-state index is 1.05. The van der Waals surface area contributed by atoms with Crippen LogP contribution in [0.4, 0.5) is 0 Å². The Morgan fingerprint density at radius 2 is 2.25 bits per heavy atom. The summed E-state index contributed by atoms with van der Waals surface area (Å²) in [7, 11) is 0. The fourth-order valence-electron chi connectivity index (χ4n) is 0.497. The smallest absolute Gasteiger partial charge is 0.0345 e. The molecule has 0 amide bonds. The van der Waals surface area contributed by atoms with Crippen molar-refractivity contribution in [3.63, 3.8) is 0 Å². The highest BCUT2D eigenvalue weighted by Gasteiger charge is 1.86. The second-order valence-corrected chi connectivity index (χ2v) is 1.97. The molecule has 48 valence electrons. The molecular formula is C6H14N2. The van der Waals surface area contributed by atoms with Crippen molar-refractivity contribution in [3.8, 4) is 0 Å². The van der Waals surface area contributed by atoms with Gasteiger partial charge in [-0.2, -0.15) is 5.10 Å². The van der Waals surface area contributed by atoms with Crippen LogP contribution in [0.25, 0.3) is 0 Å². The van der Waals surface area contributed by atoms with E-state index < -0.39 is 0 Å². The molecule has 0 atom stereocenters. The number of nitrogens with two attached hydrogens (primary N) is 1. The molecule has 2 heteroatoms. The predicted molar refractivity (Wildman–Crippen MR) is 36.8 cm³/mol. The molecule has 0 aromatic heterocycles. The highest BCUT2D eigenvalue weighted by molar-refractivity contribution is 5.81. The third kappa shape index (κ3) is 3.65. The lowest BCUT2D eigenvalue weighted by atomic mass is 10.2. The van der Waals surface area contributed by atoms with Crippen molar-refractivity contribution in [2.24, 2.45) is 10.9 Å². The first-order chi connectivity index (χ1) is 3.81. The van der Waals surface area contributed by atoms with Crippen molar-refractivity contribution >= 4 is 5.71 Å². The Hall–Kier alpha value is -0.530. The predicted octanol–water partition coefficient (Wildman–Crippen LogP) is 1.51. The van der Waals surface area contributed by atoms with E-state index in [4.69, 9.17) is 5.84 Å². The topological polar surface area (TPSA) is 38.4 Å². The van der Waals surface area contributed by atoms with Gasteiger partial charge in [0.1, 0.15) is 0 Å². The van der Waals surface area contributed by atoms with E-state index in [-0.39, 0.29) is 0 Å². The van der Waals surface area contributed by atoms with Crippen molar-refractivity contribution in [1.82, 2.24) is 0 Å². The molecule has 8 heavy (non-hydrogen) atoms. The average Bonchev–Trinajstić information content (AvgIpc) is 1.83. The number of unbranched alkanes of at least 4 members (excludes halogenated alkanes) is 1. The Bertz CT molecular complexity index is 76.6. The molecule has 0 saturated heterocycles. The minimum atomic E-state index is 1.05. The van der Waals surface area contributed by atoms with Crippen LogP contribution in [-0.4, -0.2) is 5.71 Å². The third-order valence-corrected chi connectivity index (χ3v) is 1.11. The molecule has 0 aliphatic heterocycles. The van der Waals surface area contributed by atoms with Crippen LogP contribution in [0.3, 0.4) is 0 Å². The first kappa shape index (κ1) is 7.47. The Morgan fingerprint density at radius 1 is 1.62 bits per heavy atom. The summed E-state index contributed by atoms with van der Waals surface area (Å²) in [5.74, 6) is 5.00. The highest BCUT2D eigenvalue weighted by Crippen LogP contribution is 1.94. The van der Waals surface area contributed by atoms with E-state index >= 15 is 0 Å². The van der Waals surface area contributed by atoms with E-state index in [1.54, 1.807) is 0 Å². The lowest BCUT2D eigenvalue weighted by Gasteiger charge is -1.92. The molecule has 0 rings (SSSR count). The maximum atomic E-state index is 5.00. The molecule has 0 fully saturated rings. The molecule has 2 nitrogen and oxygen atoms in total. The van der Waals surface area contributed by atoms with Gasteiger partial charge < -0.3 is 5.84 Å². The van der Waals surface area contributed by atoms with Crippen LogP contribution in [0.15, 0.2) is 5.10 Å². The molecular weight excluding hydrogens is 100 g/mol. The molecule has 0 saturated carbocycles. The summed E-state index contributed by atoms with van der Waals surface area (Å²) in [5, 5.41) is 3.54. The number of hydrazone groups is 1. The second kappa shape index (κ2) is 4.62. The van der Waals surface area contributed by atoms with Gasteiger partial charge in [-0.3, -0.25) is 0 Å². The van der Waals surface area contributed by atoms with Crippen LogP contribution in [-0.2, 0) is 0 Å². The summed E-state index contributed by atoms with van der Waals surface area (Å²) in [4.78, 5) is 0. The summed E-state index contributed by atoms with van der Waals surface area (Å²) in [6.45, 7) is 4.11. The van der Waals surface area contributed by atoms with Crippen molar-refractivity contribution < 1.29 is 0 Å². The van der Waals surface area contributed by atoms with Crippen molar-refractivity contribution in [2.75, 3.05) is 0 Å². The van der Waals surface area contributed by atoms with Gasteiger partial charge in [0.2, 0.25) is 0 Å². The molecule has 0 bridgehead atoms. The van der Waals surface area contributed by atoms with E-state index in [1.165, 1.54) is 12.8 Å². The standard InChI is InChI=1S/C6H14N2/c1-3-4-5-6(2)8-7/h3-5,7H2,1-2H3/b8-6+. The van der Waals surface area contributed by atoms with Gasteiger partial charge in [-0.15, -0.1) is 0 Å². The fraction of sp³-hybridized carbons (Fsp3) is 0.833. The maximum absolute atomic E-state index is 5.00. The van der Waals surface area contributed by atoms with Crippen LogP contribution < -0.4 is 5.84 Å². The van der Waals surface area contributed by atoms with Crippen LogP contribution >= 0.6 is 0 Å². The summed E-state index contributed by atoms with van der Waals surface area (Å²) >= 11 is 0. The number of hydrogen-bond donors (Lipinski definition) is 1. The third-order valence-electron chi connectivity index (χ3n) is 1.11. The van der Waals surface area contributed by atoms with E-state index in [2.05, 4.69) is 12.0 Å². The maximum Gasteiger partial charge on any atom is 0.0345 e. The average molecular weight is 114 g/mol. The largest absolute Gasteiger partial charge is 0.323 e. The molecule has 0 aromatic rings.